The fraction of sp³-hybridized carbons (Fsp3) is 0.583. The molecule has 0 saturated heterocycles. The minimum absolute atomic E-state index is 0.107. The highest BCUT2D eigenvalue weighted by atomic mass is 35.5. The number of nitrogens with two attached hydrogens (primary N) is 1. The minimum atomic E-state index is -2.55. The summed E-state index contributed by atoms with van der Waals surface area (Å²) in [6.45, 7) is 0.365. The molecular formula is C12H15ClF2N2. The van der Waals surface area contributed by atoms with Crippen molar-refractivity contribution in [3.05, 3.63) is 29.0 Å². The van der Waals surface area contributed by atoms with Crippen LogP contribution in [0.5, 0.6) is 0 Å². The van der Waals surface area contributed by atoms with E-state index in [9.17, 15) is 8.78 Å². The number of nitrogens with zero attached hydrogens (tertiary/aromatic N) is 1. The zero-order chi connectivity index (χ0) is 12.5. The van der Waals surface area contributed by atoms with Gasteiger partial charge in [0.1, 0.15) is 5.15 Å². The second-order valence-electron chi connectivity index (χ2n) is 4.71. The number of alkyl halides is 2. The van der Waals surface area contributed by atoms with E-state index >= 15 is 0 Å². The predicted molar refractivity (Wildman–Crippen MR) is 63.4 cm³/mol. The topological polar surface area (TPSA) is 38.9 Å². The fourth-order valence-electron chi connectivity index (χ4n) is 2.44. The maximum atomic E-state index is 13.2. The summed E-state index contributed by atoms with van der Waals surface area (Å²) in [6, 6.07) is 3.56. The van der Waals surface area contributed by atoms with Gasteiger partial charge in [0.15, 0.2) is 0 Å². The summed E-state index contributed by atoms with van der Waals surface area (Å²) in [4.78, 5) is 3.91. The summed E-state index contributed by atoms with van der Waals surface area (Å²) in [6.07, 6.45) is 2.18. The van der Waals surface area contributed by atoms with Gasteiger partial charge < -0.3 is 5.73 Å². The van der Waals surface area contributed by atoms with Crippen LogP contribution in [0.15, 0.2) is 18.3 Å². The normalized spacial score (nSPS) is 22.4. The maximum Gasteiger partial charge on any atom is 0.248 e. The molecule has 2 nitrogen and oxygen atoms in total. The summed E-state index contributed by atoms with van der Waals surface area (Å²) in [5, 5.41) is 0.382. The molecule has 0 spiro atoms. The molecule has 1 fully saturated rings. The number of rotatable bonds is 2. The van der Waals surface area contributed by atoms with Crippen LogP contribution in [-0.4, -0.2) is 17.5 Å². The zero-order valence-electron chi connectivity index (χ0n) is 9.43. The molecule has 1 aromatic heterocycles. The molecular weight excluding hydrogens is 246 g/mol. The molecule has 0 unspecified atom stereocenters. The highest BCUT2D eigenvalue weighted by Gasteiger charge is 2.43. The first-order chi connectivity index (χ1) is 7.97. The molecule has 17 heavy (non-hydrogen) atoms. The van der Waals surface area contributed by atoms with Crippen molar-refractivity contribution < 1.29 is 8.78 Å². The van der Waals surface area contributed by atoms with Gasteiger partial charge in [-0.3, -0.25) is 0 Å². The van der Waals surface area contributed by atoms with Crippen molar-refractivity contribution in [2.45, 2.75) is 37.0 Å². The Bertz CT molecular complexity index is 399. The summed E-state index contributed by atoms with van der Waals surface area (Å²) < 4.78 is 26.4. The monoisotopic (exact) mass is 260 g/mol. The Morgan fingerprint density at radius 2 is 1.94 bits per heavy atom. The molecule has 2 rings (SSSR count). The van der Waals surface area contributed by atoms with Gasteiger partial charge in [-0.1, -0.05) is 11.6 Å². The third-order valence-electron chi connectivity index (χ3n) is 3.67. The molecule has 1 aliphatic carbocycles. The van der Waals surface area contributed by atoms with Crippen molar-refractivity contribution in [2.24, 2.45) is 5.73 Å². The highest BCUT2D eigenvalue weighted by Crippen LogP contribution is 2.44. The van der Waals surface area contributed by atoms with Crippen molar-refractivity contribution >= 4 is 11.6 Å². The molecule has 0 aliphatic heterocycles. The van der Waals surface area contributed by atoms with E-state index < -0.39 is 5.92 Å². The minimum Gasteiger partial charge on any atom is -0.330 e. The summed E-state index contributed by atoms with van der Waals surface area (Å²) in [5.41, 5.74) is 6.36. The van der Waals surface area contributed by atoms with Gasteiger partial charge in [0, 0.05) is 31.0 Å². The summed E-state index contributed by atoms with van der Waals surface area (Å²) >= 11 is 5.84. The molecule has 0 amide bonds. The van der Waals surface area contributed by atoms with E-state index in [1.54, 1.807) is 12.3 Å². The van der Waals surface area contributed by atoms with Gasteiger partial charge in [0.25, 0.3) is 0 Å². The standard InChI is InChI=1S/C12H15ClF2N2/c13-10-7-9(1-6-17-10)11(8-16)2-4-12(14,15)5-3-11/h1,6-7H,2-5,8,16H2. The van der Waals surface area contributed by atoms with Gasteiger partial charge in [-0.2, -0.15) is 0 Å². The molecule has 0 atom stereocenters. The van der Waals surface area contributed by atoms with Crippen LogP contribution >= 0.6 is 11.6 Å². The third-order valence-corrected chi connectivity index (χ3v) is 3.87. The van der Waals surface area contributed by atoms with Crippen molar-refractivity contribution in [1.82, 2.24) is 4.98 Å². The Hall–Kier alpha value is -0.740. The Kier molecular flexibility index (Phi) is 3.36. The largest absolute Gasteiger partial charge is 0.330 e. The zero-order valence-corrected chi connectivity index (χ0v) is 10.2. The van der Waals surface area contributed by atoms with Crippen LogP contribution in [0.4, 0.5) is 8.78 Å². The lowest BCUT2D eigenvalue weighted by atomic mass is 9.68. The van der Waals surface area contributed by atoms with Gasteiger partial charge in [0.2, 0.25) is 5.92 Å². The van der Waals surface area contributed by atoms with Crippen LogP contribution in [-0.2, 0) is 5.41 Å². The van der Waals surface area contributed by atoms with Crippen LogP contribution in [0.2, 0.25) is 5.15 Å². The first-order valence-corrected chi connectivity index (χ1v) is 6.05. The van der Waals surface area contributed by atoms with Crippen molar-refractivity contribution in [3.63, 3.8) is 0 Å². The highest BCUT2D eigenvalue weighted by molar-refractivity contribution is 6.29. The molecule has 1 saturated carbocycles. The number of pyridine rings is 1. The van der Waals surface area contributed by atoms with Gasteiger partial charge >= 0.3 is 0 Å². The Balaban J connectivity index is 2.27. The second-order valence-corrected chi connectivity index (χ2v) is 5.09. The molecule has 1 heterocycles. The predicted octanol–water partition coefficient (Wildman–Crippen LogP) is 3.14. The number of halogens is 3. The SMILES string of the molecule is NCC1(c2ccnc(Cl)c2)CCC(F)(F)CC1. The average Bonchev–Trinajstić information content (AvgIpc) is 2.30. The number of hydrogen-bond acceptors (Lipinski definition) is 2. The molecule has 1 aliphatic rings. The van der Waals surface area contributed by atoms with Crippen LogP contribution in [0.1, 0.15) is 31.2 Å². The van der Waals surface area contributed by atoms with Gasteiger partial charge in [-0.25, -0.2) is 13.8 Å². The van der Waals surface area contributed by atoms with Gasteiger partial charge in [-0.15, -0.1) is 0 Å². The van der Waals surface area contributed by atoms with Crippen LogP contribution in [0.3, 0.4) is 0 Å². The molecule has 1 aromatic rings. The maximum absolute atomic E-state index is 13.2. The molecule has 2 N–H and O–H groups in total. The van der Waals surface area contributed by atoms with Crippen molar-refractivity contribution in [1.29, 1.82) is 0 Å². The molecule has 5 heteroatoms. The van der Waals surface area contributed by atoms with E-state index in [1.165, 1.54) is 0 Å². The van der Waals surface area contributed by atoms with Crippen LogP contribution in [0.25, 0.3) is 0 Å². The average molecular weight is 261 g/mol. The molecule has 0 aromatic carbocycles. The summed E-state index contributed by atoms with van der Waals surface area (Å²) in [5.74, 6) is -2.55. The van der Waals surface area contributed by atoms with E-state index in [1.807, 2.05) is 6.07 Å². The number of aromatic nitrogens is 1. The van der Waals surface area contributed by atoms with E-state index in [-0.39, 0.29) is 18.3 Å². The number of hydrogen-bond donors (Lipinski definition) is 1. The van der Waals surface area contributed by atoms with E-state index in [2.05, 4.69) is 4.98 Å². The second kappa shape index (κ2) is 4.50. The lowest BCUT2D eigenvalue weighted by molar-refractivity contribution is -0.0509. The molecule has 0 bridgehead atoms. The lowest BCUT2D eigenvalue weighted by Crippen LogP contribution is -2.42. The van der Waals surface area contributed by atoms with Crippen LogP contribution in [0, 0.1) is 0 Å². The summed E-state index contributed by atoms with van der Waals surface area (Å²) in [7, 11) is 0. The fourth-order valence-corrected chi connectivity index (χ4v) is 2.61. The first-order valence-electron chi connectivity index (χ1n) is 5.67. The van der Waals surface area contributed by atoms with Crippen molar-refractivity contribution in [3.8, 4) is 0 Å². The van der Waals surface area contributed by atoms with E-state index in [0.717, 1.165) is 5.56 Å². The van der Waals surface area contributed by atoms with E-state index in [4.69, 9.17) is 17.3 Å². The Morgan fingerprint density at radius 3 is 2.47 bits per heavy atom. The first kappa shape index (κ1) is 12.7. The molecule has 94 valence electrons. The Morgan fingerprint density at radius 1 is 1.29 bits per heavy atom. The molecule has 0 radical (unpaired) electrons. The van der Waals surface area contributed by atoms with Gasteiger partial charge in [0.05, 0.1) is 0 Å². The lowest BCUT2D eigenvalue weighted by Gasteiger charge is -2.39. The van der Waals surface area contributed by atoms with E-state index in [0.29, 0.717) is 24.5 Å². The van der Waals surface area contributed by atoms with Crippen LogP contribution < -0.4 is 5.73 Å². The third kappa shape index (κ3) is 2.58. The van der Waals surface area contributed by atoms with Gasteiger partial charge in [-0.05, 0) is 30.5 Å². The van der Waals surface area contributed by atoms with Crippen molar-refractivity contribution in [2.75, 3.05) is 6.54 Å². The Labute approximate surface area is 104 Å². The smallest absolute Gasteiger partial charge is 0.248 e. The quantitative estimate of drug-likeness (QED) is 0.830.